The number of rotatable bonds is 3. The van der Waals surface area contributed by atoms with E-state index in [1.54, 1.807) is 0 Å². The number of likely N-dealkylation sites (tertiary alicyclic amines) is 1. The van der Waals surface area contributed by atoms with Gasteiger partial charge in [0.2, 0.25) is 0 Å². The van der Waals surface area contributed by atoms with E-state index in [9.17, 15) is 4.79 Å². The third-order valence-corrected chi connectivity index (χ3v) is 9.48. The summed E-state index contributed by atoms with van der Waals surface area (Å²) in [4.78, 5) is 17.9. The predicted octanol–water partition coefficient (Wildman–Crippen LogP) is 4.87. The van der Waals surface area contributed by atoms with Crippen molar-refractivity contribution in [2.75, 3.05) is 13.1 Å². The Balaban J connectivity index is 1.22. The van der Waals surface area contributed by atoms with Gasteiger partial charge in [-0.1, -0.05) is 27.1 Å². The van der Waals surface area contributed by atoms with Crippen molar-refractivity contribution in [1.29, 1.82) is 0 Å². The zero-order chi connectivity index (χ0) is 21.8. The van der Waals surface area contributed by atoms with E-state index in [1.165, 1.54) is 56.3 Å². The number of aryl methyl sites for hydroxylation is 1. The lowest BCUT2D eigenvalue weighted by Crippen LogP contribution is -2.45. The summed E-state index contributed by atoms with van der Waals surface area (Å²) >= 11 is 0. The molecule has 5 nitrogen and oxygen atoms in total. The fourth-order valence-electron chi connectivity index (χ4n) is 5.65. The number of benzene rings is 1. The molecule has 0 radical (unpaired) electrons. The normalized spacial score (nSPS) is 26.1. The SMILES string of the molecule is CC1=CC(C2CCN(C3CCC3)CC2)=CN2C(=O)C=C(c3ccc4nn(C)cc4c3)PC12. The fraction of sp³-hybridized carbons (Fsp3) is 0.462. The number of nitrogens with zero attached hydrogens (tertiary/aromatic N) is 4. The highest BCUT2D eigenvalue weighted by molar-refractivity contribution is 7.51. The first-order chi connectivity index (χ1) is 15.5. The number of allylic oxidation sites excluding steroid dienone is 2. The van der Waals surface area contributed by atoms with E-state index in [1.807, 2.05) is 28.9 Å². The molecule has 1 aromatic heterocycles. The molecule has 3 aliphatic heterocycles. The van der Waals surface area contributed by atoms with Crippen LogP contribution in [-0.4, -0.2) is 50.4 Å². The molecule has 1 aliphatic carbocycles. The van der Waals surface area contributed by atoms with Crippen molar-refractivity contribution < 1.29 is 4.79 Å². The number of carbonyl (C=O) groups excluding carboxylic acids is 1. The van der Waals surface area contributed by atoms with Crippen LogP contribution in [0, 0.1) is 5.92 Å². The summed E-state index contributed by atoms with van der Waals surface area (Å²) in [6.07, 6.45) is 15.1. The van der Waals surface area contributed by atoms with Crippen LogP contribution in [0.4, 0.5) is 0 Å². The van der Waals surface area contributed by atoms with Gasteiger partial charge in [0.1, 0.15) is 0 Å². The van der Waals surface area contributed by atoms with Crippen molar-refractivity contribution in [2.45, 2.75) is 50.9 Å². The van der Waals surface area contributed by atoms with Crippen LogP contribution >= 0.6 is 8.58 Å². The Morgan fingerprint density at radius 2 is 1.91 bits per heavy atom. The van der Waals surface area contributed by atoms with Crippen molar-refractivity contribution in [1.82, 2.24) is 19.6 Å². The van der Waals surface area contributed by atoms with Crippen LogP contribution in [-0.2, 0) is 11.8 Å². The fourth-order valence-corrected chi connectivity index (χ4v) is 7.13. The molecule has 1 saturated carbocycles. The molecule has 1 aromatic carbocycles. The minimum Gasteiger partial charge on any atom is -0.304 e. The number of piperidine rings is 1. The lowest BCUT2D eigenvalue weighted by atomic mass is 9.84. The zero-order valence-electron chi connectivity index (χ0n) is 18.9. The van der Waals surface area contributed by atoms with Crippen molar-refractivity contribution in [3.8, 4) is 0 Å². The van der Waals surface area contributed by atoms with E-state index in [2.05, 4.69) is 47.4 Å². The second-order valence-corrected chi connectivity index (χ2v) is 11.2. The van der Waals surface area contributed by atoms with E-state index < -0.39 is 0 Å². The van der Waals surface area contributed by atoms with Gasteiger partial charge < -0.3 is 9.80 Å². The summed E-state index contributed by atoms with van der Waals surface area (Å²) in [5.74, 6) is 0.856. The highest BCUT2D eigenvalue weighted by Crippen LogP contribution is 2.48. The molecule has 0 bridgehead atoms. The number of hydrogen-bond acceptors (Lipinski definition) is 3. The Hall–Kier alpha value is -2.23. The minimum atomic E-state index is 0.117. The summed E-state index contributed by atoms with van der Waals surface area (Å²) in [7, 11) is 2.51. The second kappa shape index (κ2) is 7.97. The van der Waals surface area contributed by atoms with E-state index in [0.29, 0.717) is 14.5 Å². The lowest BCUT2D eigenvalue weighted by molar-refractivity contribution is -0.123. The molecule has 4 aliphatic rings. The highest BCUT2D eigenvalue weighted by atomic mass is 31.1. The van der Waals surface area contributed by atoms with Crippen LogP contribution in [0.25, 0.3) is 16.2 Å². The third-order valence-electron chi connectivity index (χ3n) is 7.73. The van der Waals surface area contributed by atoms with Crippen LogP contribution in [0.1, 0.15) is 44.6 Å². The molecule has 1 amide bonds. The number of amides is 1. The lowest BCUT2D eigenvalue weighted by Gasteiger charge is -2.43. The highest BCUT2D eigenvalue weighted by Gasteiger charge is 2.35. The van der Waals surface area contributed by atoms with E-state index in [-0.39, 0.29) is 11.7 Å². The monoisotopic (exact) mass is 446 g/mol. The minimum absolute atomic E-state index is 0.117. The molecule has 4 heterocycles. The summed E-state index contributed by atoms with van der Waals surface area (Å²) in [6.45, 7) is 4.63. The first-order valence-corrected chi connectivity index (χ1v) is 13.0. The van der Waals surface area contributed by atoms with Crippen LogP contribution < -0.4 is 0 Å². The van der Waals surface area contributed by atoms with Crippen LogP contribution in [0.15, 0.2) is 53.9 Å². The molecule has 2 atom stereocenters. The predicted molar refractivity (Wildman–Crippen MR) is 131 cm³/mol. The molecular weight excluding hydrogens is 415 g/mol. The van der Waals surface area contributed by atoms with Gasteiger partial charge in [0.15, 0.2) is 0 Å². The van der Waals surface area contributed by atoms with Crippen molar-refractivity contribution >= 4 is 30.7 Å². The van der Waals surface area contributed by atoms with Crippen LogP contribution in [0.3, 0.4) is 0 Å². The van der Waals surface area contributed by atoms with Crippen molar-refractivity contribution in [3.63, 3.8) is 0 Å². The third kappa shape index (κ3) is 3.56. The molecule has 6 heteroatoms. The number of fused-ring (bicyclic) bond motifs is 2. The van der Waals surface area contributed by atoms with Gasteiger partial charge in [-0.05, 0) is 85.8 Å². The standard InChI is InChI=1S/C26H31N4OP/c1-17-12-20(18-8-10-29(11-9-18)22-4-3-5-22)16-30-25(31)14-24(32-26(17)30)19-6-7-23-21(13-19)15-28(2)27-23/h6-7,12-16,18,22,26,32H,3-5,8-11H2,1-2H3. The maximum absolute atomic E-state index is 13.2. The van der Waals surface area contributed by atoms with Gasteiger partial charge in [-0.3, -0.25) is 9.48 Å². The Morgan fingerprint density at radius 3 is 2.66 bits per heavy atom. The largest absolute Gasteiger partial charge is 0.304 e. The van der Waals surface area contributed by atoms with Gasteiger partial charge in [-0.2, -0.15) is 5.10 Å². The molecule has 2 fully saturated rings. The quantitative estimate of drug-likeness (QED) is 0.632. The van der Waals surface area contributed by atoms with Crippen LogP contribution in [0.2, 0.25) is 0 Å². The Labute approximate surface area is 191 Å². The van der Waals surface area contributed by atoms with Gasteiger partial charge in [0.25, 0.3) is 5.91 Å². The first kappa shape index (κ1) is 20.4. The zero-order valence-corrected chi connectivity index (χ0v) is 19.9. The maximum atomic E-state index is 13.2. The number of carbonyl (C=O) groups is 1. The Kier molecular flexibility index (Phi) is 5.07. The van der Waals surface area contributed by atoms with Gasteiger partial charge in [0.05, 0.1) is 11.3 Å². The molecule has 0 spiro atoms. The average molecular weight is 447 g/mol. The smallest absolute Gasteiger partial charge is 0.252 e. The van der Waals surface area contributed by atoms with Crippen molar-refractivity contribution in [3.05, 3.63) is 59.5 Å². The molecule has 2 unspecified atom stereocenters. The van der Waals surface area contributed by atoms with Gasteiger partial charge >= 0.3 is 0 Å². The maximum Gasteiger partial charge on any atom is 0.252 e. The Bertz CT molecular complexity index is 1160. The number of aromatic nitrogens is 2. The van der Waals surface area contributed by atoms with E-state index in [0.717, 1.165) is 27.8 Å². The summed E-state index contributed by atoms with van der Waals surface area (Å²) in [5.41, 5.74) is 4.82. The van der Waals surface area contributed by atoms with Crippen molar-refractivity contribution in [2.24, 2.45) is 13.0 Å². The Morgan fingerprint density at radius 1 is 1.09 bits per heavy atom. The summed E-state index contributed by atoms with van der Waals surface area (Å²) in [5, 5.41) is 6.75. The topological polar surface area (TPSA) is 41.4 Å². The van der Waals surface area contributed by atoms with Gasteiger partial charge in [0, 0.05) is 36.9 Å². The van der Waals surface area contributed by atoms with E-state index in [4.69, 9.17) is 0 Å². The molecule has 1 saturated heterocycles. The molecular formula is C26H31N4OP. The second-order valence-electron chi connectivity index (χ2n) is 9.84. The summed E-state index contributed by atoms with van der Waals surface area (Å²) in [6, 6.07) is 7.18. The average Bonchev–Trinajstić information content (AvgIpc) is 3.12. The molecule has 2 aromatic rings. The summed E-state index contributed by atoms with van der Waals surface area (Å²) < 4.78 is 1.84. The molecule has 32 heavy (non-hydrogen) atoms. The van der Waals surface area contributed by atoms with E-state index >= 15 is 0 Å². The van der Waals surface area contributed by atoms with Gasteiger partial charge in [-0.25, -0.2) is 0 Å². The molecule has 6 rings (SSSR count). The number of hydrogen-bond donors (Lipinski definition) is 0. The van der Waals surface area contributed by atoms with Crippen LogP contribution in [0.5, 0.6) is 0 Å². The first-order valence-electron chi connectivity index (χ1n) is 11.9. The van der Waals surface area contributed by atoms with Gasteiger partial charge in [-0.15, -0.1) is 0 Å². The molecule has 166 valence electrons. The molecule has 0 N–H and O–H groups in total.